The molecule has 40 heavy (non-hydrogen) atoms. The zero-order valence-corrected chi connectivity index (χ0v) is 25.4. The molecule has 3 aromatic rings. The maximum absolute atomic E-state index is 13.2. The molecule has 11 heteroatoms. The van der Waals surface area contributed by atoms with E-state index in [1.165, 1.54) is 12.1 Å². The Morgan fingerprint density at radius 2 is 1.80 bits per heavy atom. The van der Waals surface area contributed by atoms with Crippen LogP contribution in [0, 0.1) is 5.92 Å². The van der Waals surface area contributed by atoms with Crippen LogP contribution in [0.5, 0.6) is 5.75 Å². The van der Waals surface area contributed by atoms with Crippen molar-refractivity contribution in [3.05, 3.63) is 108 Å². The topological polar surface area (TPSA) is 87.4 Å². The second kappa shape index (κ2) is 14.4. The largest absolute Gasteiger partial charge is 0.454 e. The first-order chi connectivity index (χ1) is 19.1. The van der Waals surface area contributed by atoms with Gasteiger partial charge in [0.2, 0.25) is 0 Å². The average molecular weight is 604 g/mol. The summed E-state index contributed by atoms with van der Waals surface area (Å²) < 4.78 is 13.8. The summed E-state index contributed by atoms with van der Waals surface area (Å²) in [6.07, 6.45) is 3.65. The van der Waals surface area contributed by atoms with Crippen molar-refractivity contribution in [3.63, 3.8) is 0 Å². The molecule has 2 aromatic carbocycles. The fourth-order valence-electron chi connectivity index (χ4n) is 3.63. The molecule has 3 rings (SSSR count). The lowest BCUT2D eigenvalue weighted by Crippen LogP contribution is -2.40. The lowest BCUT2D eigenvalue weighted by Gasteiger charge is -2.18. The maximum atomic E-state index is 13.2. The van der Waals surface area contributed by atoms with Gasteiger partial charge in [0.05, 0.1) is 22.3 Å². The highest BCUT2D eigenvalue weighted by molar-refractivity contribution is 7.80. The summed E-state index contributed by atoms with van der Waals surface area (Å²) in [7, 11) is 1.77. The minimum atomic E-state index is -0.700. The predicted molar refractivity (Wildman–Crippen MR) is 164 cm³/mol. The molecule has 0 aliphatic heterocycles. The molecule has 0 radical (unpaired) electrons. The number of allylic oxidation sites excluding steroid dienone is 2. The second-order valence-electron chi connectivity index (χ2n) is 9.24. The molecule has 0 saturated carbocycles. The smallest absolute Gasteiger partial charge is 0.354 e. The number of rotatable bonds is 11. The van der Waals surface area contributed by atoms with Crippen LogP contribution in [-0.2, 0) is 18.1 Å². The molecule has 0 atom stereocenters. The number of thiocarbonyl (C=S) groups is 1. The van der Waals surface area contributed by atoms with Crippen molar-refractivity contribution < 1.29 is 9.47 Å². The van der Waals surface area contributed by atoms with Crippen LogP contribution in [0.25, 0.3) is 5.69 Å². The SMILES string of the molecule is CCC(C)=C(/C=C(\C(=S)NC)C(C)C)Oc1c(Cl)cc(-n2ncc(=O)n(COCc3ccccc3)c2=O)cc1Cl. The molecule has 212 valence electrons. The number of benzene rings is 2. The summed E-state index contributed by atoms with van der Waals surface area (Å²) in [5.74, 6) is 0.929. The first-order valence-electron chi connectivity index (χ1n) is 12.7. The van der Waals surface area contributed by atoms with Gasteiger partial charge in [-0.1, -0.05) is 86.5 Å². The molecule has 0 aliphatic carbocycles. The highest BCUT2D eigenvalue weighted by atomic mass is 35.5. The third kappa shape index (κ3) is 7.69. The standard InChI is InChI=1S/C29H32Cl2N4O4S/c1-6-19(4)25(14-22(18(2)3)28(40)32-5)39-27-23(30)12-21(13-24(27)31)35-29(37)34(26(36)15-33-35)17-38-16-20-10-8-7-9-11-20/h7-15,18H,6,16-17H2,1-5H3,(H,32,40)/b22-14-,25-19?. The minimum Gasteiger partial charge on any atom is -0.454 e. The van der Waals surface area contributed by atoms with Crippen molar-refractivity contribution in [1.29, 1.82) is 0 Å². The molecule has 0 saturated heterocycles. The normalized spacial score (nSPS) is 12.3. The minimum absolute atomic E-state index is 0.141. The van der Waals surface area contributed by atoms with E-state index in [1.54, 1.807) is 7.05 Å². The third-order valence-electron chi connectivity index (χ3n) is 6.08. The molecule has 1 heterocycles. The van der Waals surface area contributed by atoms with Gasteiger partial charge in [-0.25, -0.2) is 9.36 Å². The molecule has 0 amide bonds. The Balaban J connectivity index is 1.95. The number of ether oxygens (including phenoxy) is 2. The van der Waals surface area contributed by atoms with Crippen LogP contribution in [0.1, 0.15) is 39.7 Å². The zero-order valence-electron chi connectivity index (χ0n) is 23.0. The molecular weight excluding hydrogens is 571 g/mol. The number of aromatic nitrogens is 3. The van der Waals surface area contributed by atoms with Gasteiger partial charge in [0.25, 0.3) is 5.56 Å². The molecule has 0 spiro atoms. The first-order valence-corrected chi connectivity index (χ1v) is 13.8. The number of likely N-dealkylation sites (N-methyl/N-ethyl adjacent to an activating group) is 1. The molecule has 1 N–H and O–H groups in total. The molecule has 0 unspecified atom stereocenters. The van der Waals surface area contributed by atoms with Crippen LogP contribution in [0.3, 0.4) is 0 Å². The van der Waals surface area contributed by atoms with Crippen LogP contribution in [0.2, 0.25) is 10.0 Å². The fraction of sp³-hybridized carbons (Fsp3) is 0.310. The van der Waals surface area contributed by atoms with Crippen molar-refractivity contribution in [3.8, 4) is 11.4 Å². The van der Waals surface area contributed by atoms with Crippen LogP contribution >= 0.6 is 35.4 Å². The van der Waals surface area contributed by atoms with E-state index in [9.17, 15) is 9.59 Å². The van der Waals surface area contributed by atoms with E-state index < -0.39 is 11.2 Å². The van der Waals surface area contributed by atoms with E-state index in [2.05, 4.69) is 10.4 Å². The number of nitrogens with zero attached hydrogens (tertiary/aromatic N) is 3. The molecule has 0 fully saturated rings. The Morgan fingerprint density at radius 1 is 1.15 bits per heavy atom. The van der Waals surface area contributed by atoms with E-state index in [1.807, 2.05) is 64.1 Å². The molecular formula is C29H32Cl2N4O4S. The summed E-state index contributed by atoms with van der Waals surface area (Å²) in [6, 6.07) is 12.4. The van der Waals surface area contributed by atoms with Gasteiger partial charge in [0.1, 0.15) is 23.7 Å². The van der Waals surface area contributed by atoms with Crippen LogP contribution in [0.4, 0.5) is 0 Å². The van der Waals surface area contributed by atoms with Crippen molar-refractivity contribution in [2.75, 3.05) is 7.05 Å². The summed E-state index contributed by atoms with van der Waals surface area (Å²) in [4.78, 5) is 26.2. The van der Waals surface area contributed by atoms with E-state index in [0.29, 0.717) is 10.7 Å². The Bertz CT molecular complexity index is 1520. The number of halogens is 2. The number of nitrogens with one attached hydrogen (secondary N) is 1. The molecule has 0 aliphatic rings. The van der Waals surface area contributed by atoms with Crippen LogP contribution in [-0.4, -0.2) is 26.4 Å². The Kier molecular flexibility index (Phi) is 11.3. The van der Waals surface area contributed by atoms with E-state index in [0.717, 1.165) is 38.6 Å². The van der Waals surface area contributed by atoms with Crippen molar-refractivity contribution in [2.24, 2.45) is 5.92 Å². The van der Waals surface area contributed by atoms with Crippen LogP contribution < -0.4 is 21.3 Å². The highest BCUT2D eigenvalue weighted by Crippen LogP contribution is 2.37. The first kappa shape index (κ1) is 31.3. The zero-order chi connectivity index (χ0) is 29.4. The fourth-order valence-corrected chi connectivity index (χ4v) is 4.48. The van der Waals surface area contributed by atoms with Crippen molar-refractivity contribution >= 4 is 40.4 Å². The Hall–Kier alpha value is -3.24. The Labute approximate surface area is 248 Å². The average Bonchev–Trinajstić information content (AvgIpc) is 2.93. The lowest BCUT2D eigenvalue weighted by molar-refractivity contribution is 0.0578. The van der Waals surface area contributed by atoms with Gasteiger partial charge in [0.15, 0.2) is 5.75 Å². The summed E-state index contributed by atoms with van der Waals surface area (Å²) in [5, 5.41) is 7.33. The molecule has 0 bridgehead atoms. The van der Waals surface area contributed by atoms with Gasteiger partial charge >= 0.3 is 5.69 Å². The summed E-state index contributed by atoms with van der Waals surface area (Å²) in [5.41, 5.74) is 1.74. The van der Waals surface area contributed by atoms with Crippen molar-refractivity contribution in [2.45, 2.75) is 47.5 Å². The number of hydrogen-bond donors (Lipinski definition) is 1. The second-order valence-corrected chi connectivity index (χ2v) is 10.5. The molecule has 8 nitrogen and oxygen atoms in total. The van der Waals surface area contributed by atoms with E-state index in [4.69, 9.17) is 44.9 Å². The van der Waals surface area contributed by atoms with Crippen LogP contribution in [0.15, 0.2) is 81.2 Å². The molecule has 1 aromatic heterocycles. The van der Waals surface area contributed by atoms with Gasteiger partial charge in [0, 0.05) is 7.05 Å². The highest BCUT2D eigenvalue weighted by Gasteiger charge is 2.18. The van der Waals surface area contributed by atoms with E-state index in [-0.39, 0.29) is 40.7 Å². The summed E-state index contributed by atoms with van der Waals surface area (Å²) in [6.45, 7) is 8.04. The third-order valence-corrected chi connectivity index (χ3v) is 7.08. The lowest BCUT2D eigenvalue weighted by atomic mass is 10.0. The Morgan fingerprint density at radius 3 is 2.38 bits per heavy atom. The quantitative estimate of drug-likeness (QED) is 0.123. The van der Waals surface area contributed by atoms with Gasteiger partial charge in [-0.3, -0.25) is 4.79 Å². The van der Waals surface area contributed by atoms with Gasteiger partial charge in [-0.2, -0.15) is 9.78 Å². The predicted octanol–water partition coefficient (Wildman–Crippen LogP) is 6.07. The van der Waals surface area contributed by atoms with Gasteiger partial charge in [-0.05, 0) is 54.2 Å². The monoisotopic (exact) mass is 602 g/mol. The number of hydrogen-bond acceptors (Lipinski definition) is 6. The van der Waals surface area contributed by atoms with Gasteiger partial charge < -0.3 is 14.8 Å². The maximum Gasteiger partial charge on any atom is 0.354 e. The summed E-state index contributed by atoms with van der Waals surface area (Å²) >= 11 is 18.7. The van der Waals surface area contributed by atoms with Crippen molar-refractivity contribution in [1.82, 2.24) is 19.7 Å². The van der Waals surface area contributed by atoms with E-state index >= 15 is 0 Å². The van der Waals surface area contributed by atoms with Gasteiger partial charge in [-0.15, -0.1) is 0 Å².